The zero-order valence-electron chi connectivity index (χ0n) is 18.3. The molecule has 14 heteroatoms. The number of hydrogen-bond acceptors (Lipinski definition) is 7. The summed E-state index contributed by atoms with van der Waals surface area (Å²) in [5, 5.41) is 8.77. The first-order valence-corrected chi connectivity index (χ1v) is 11.5. The zero-order chi connectivity index (χ0) is 26.1. The van der Waals surface area contributed by atoms with Crippen LogP contribution in [0.2, 0.25) is 0 Å². The van der Waals surface area contributed by atoms with E-state index in [1.54, 1.807) is 0 Å². The number of rotatable bonds is 6. The van der Waals surface area contributed by atoms with Crippen LogP contribution in [0.5, 0.6) is 17.4 Å². The number of ether oxygens (including phenoxy) is 2. The van der Waals surface area contributed by atoms with Crippen molar-refractivity contribution in [1.29, 1.82) is 4.78 Å². The Balaban J connectivity index is 2.12. The maximum atomic E-state index is 13.8. The van der Waals surface area contributed by atoms with Crippen molar-refractivity contribution in [2.75, 3.05) is 18.7 Å². The van der Waals surface area contributed by atoms with Gasteiger partial charge >= 0.3 is 6.18 Å². The highest BCUT2D eigenvalue weighted by Gasteiger charge is 2.38. The molecule has 8 nitrogen and oxygen atoms in total. The summed E-state index contributed by atoms with van der Waals surface area (Å²) >= 11 is 0. The largest absolute Gasteiger partial charge is 0.493 e. The molecule has 1 amide bonds. The molecular formula is C21H17F5N4O4S. The smallest absolute Gasteiger partial charge is 0.435 e. The lowest BCUT2D eigenvalue weighted by Gasteiger charge is -2.17. The summed E-state index contributed by atoms with van der Waals surface area (Å²) in [5.41, 5.74) is -2.80. The second kappa shape index (κ2) is 9.44. The summed E-state index contributed by atoms with van der Waals surface area (Å²) in [6.07, 6.45) is -3.81. The Morgan fingerprint density at radius 2 is 1.71 bits per heavy atom. The second-order valence-electron chi connectivity index (χ2n) is 7.20. The number of halogens is 5. The van der Waals surface area contributed by atoms with Crippen LogP contribution >= 0.6 is 0 Å². The van der Waals surface area contributed by atoms with Gasteiger partial charge in [-0.1, -0.05) is 6.07 Å². The summed E-state index contributed by atoms with van der Waals surface area (Å²) in [6.45, 7) is 0.959. The molecule has 0 radical (unpaired) electrons. The zero-order valence-corrected chi connectivity index (χ0v) is 19.1. The summed E-state index contributed by atoms with van der Waals surface area (Å²) in [4.78, 5) is 13.1. The Bertz CT molecular complexity index is 1410. The number of carbonyl (C=O) groups is 1. The van der Waals surface area contributed by atoms with Gasteiger partial charge in [0, 0.05) is 29.0 Å². The summed E-state index contributed by atoms with van der Waals surface area (Å²) in [7, 11) is -2.04. The number of amides is 1. The maximum absolute atomic E-state index is 13.8. The first kappa shape index (κ1) is 25.8. The van der Waals surface area contributed by atoms with Crippen molar-refractivity contribution in [3.63, 3.8) is 0 Å². The van der Waals surface area contributed by atoms with Crippen LogP contribution in [-0.4, -0.2) is 33.7 Å². The molecule has 2 N–H and O–H groups in total. The molecule has 3 rings (SSSR count). The Kier molecular flexibility index (Phi) is 6.96. The van der Waals surface area contributed by atoms with Crippen molar-refractivity contribution < 1.29 is 40.4 Å². The fourth-order valence-electron chi connectivity index (χ4n) is 2.97. The third kappa shape index (κ3) is 5.65. The van der Waals surface area contributed by atoms with E-state index < -0.39 is 61.9 Å². The molecule has 1 aromatic heterocycles. The third-order valence-corrected chi connectivity index (χ3v) is 5.79. The number of anilines is 1. The average molecular weight is 516 g/mol. The fourth-order valence-corrected chi connectivity index (χ4v) is 3.66. The van der Waals surface area contributed by atoms with Crippen LogP contribution < -0.4 is 14.8 Å². The highest BCUT2D eigenvalue weighted by atomic mass is 32.2. The van der Waals surface area contributed by atoms with E-state index in [9.17, 15) is 31.0 Å². The second-order valence-corrected chi connectivity index (χ2v) is 9.36. The Labute approximate surface area is 196 Å². The predicted octanol–water partition coefficient (Wildman–Crippen LogP) is 5.17. The minimum atomic E-state index is -4.97. The van der Waals surface area contributed by atoms with Crippen LogP contribution in [0.3, 0.4) is 0 Å². The Morgan fingerprint density at radius 3 is 2.29 bits per heavy atom. The Hall–Kier alpha value is -3.81. The highest BCUT2D eigenvalue weighted by Crippen LogP contribution is 2.38. The molecule has 0 saturated carbocycles. The summed E-state index contributed by atoms with van der Waals surface area (Å²) in [6, 6.07) is 6.57. The van der Waals surface area contributed by atoms with Crippen molar-refractivity contribution in [3.05, 3.63) is 64.9 Å². The summed E-state index contributed by atoms with van der Waals surface area (Å²) in [5.74, 6) is -5.29. The molecule has 1 unspecified atom stereocenters. The molecule has 0 spiro atoms. The molecule has 0 aliphatic carbocycles. The van der Waals surface area contributed by atoms with Crippen LogP contribution in [0.1, 0.15) is 21.6 Å². The molecular weight excluding hydrogens is 499 g/mol. The number of nitrogens with one attached hydrogen (secondary N) is 2. The van der Waals surface area contributed by atoms with Crippen LogP contribution in [0, 0.1) is 23.3 Å². The topological polar surface area (TPSA) is 114 Å². The van der Waals surface area contributed by atoms with E-state index in [1.807, 2.05) is 0 Å². The molecule has 0 fully saturated rings. The van der Waals surface area contributed by atoms with Crippen LogP contribution in [0.4, 0.5) is 27.6 Å². The van der Waals surface area contributed by atoms with Crippen molar-refractivity contribution in [2.45, 2.75) is 18.0 Å². The molecule has 186 valence electrons. The number of carbonyl (C=O) groups excluding carboxylic acids is 1. The van der Waals surface area contributed by atoms with Crippen molar-refractivity contribution in [3.8, 4) is 17.4 Å². The highest BCUT2D eigenvalue weighted by molar-refractivity contribution is 7.91. The van der Waals surface area contributed by atoms with Crippen molar-refractivity contribution in [2.24, 2.45) is 0 Å². The lowest BCUT2D eigenvalue weighted by atomic mass is 10.1. The van der Waals surface area contributed by atoms with Gasteiger partial charge in [-0.05, 0) is 30.7 Å². The molecule has 0 aliphatic rings. The minimum absolute atomic E-state index is 0.0236. The van der Waals surface area contributed by atoms with E-state index in [-0.39, 0.29) is 16.3 Å². The normalized spacial score (nSPS) is 13.1. The van der Waals surface area contributed by atoms with Crippen molar-refractivity contribution >= 4 is 21.3 Å². The van der Waals surface area contributed by atoms with E-state index in [0.29, 0.717) is 12.1 Å². The lowest BCUT2D eigenvalue weighted by Crippen LogP contribution is -2.21. The number of hydrogen-bond donors (Lipinski definition) is 2. The van der Waals surface area contributed by atoms with E-state index in [2.05, 4.69) is 15.5 Å². The Morgan fingerprint density at radius 1 is 1.09 bits per heavy atom. The van der Waals surface area contributed by atoms with Gasteiger partial charge in [-0.3, -0.25) is 4.79 Å². The number of benzene rings is 2. The number of aromatic nitrogens is 2. The van der Waals surface area contributed by atoms with E-state index in [1.165, 1.54) is 24.3 Å². The first-order valence-electron chi connectivity index (χ1n) is 9.53. The van der Waals surface area contributed by atoms with Crippen LogP contribution in [0.25, 0.3) is 0 Å². The molecule has 1 atom stereocenters. The van der Waals surface area contributed by atoms with Gasteiger partial charge in [0.25, 0.3) is 11.8 Å². The first-order chi connectivity index (χ1) is 16.2. The van der Waals surface area contributed by atoms with E-state index in [0.717, 1.165) is 20.3 Å². The third-order valence-electron chi connectivity index (χ3n) is 4.64. The van der Waals surface area contributed by atoms with Crippen LogP contribution in [-0.2, 0) is 15.9 Å². The van der Waals surface area contributed by atoms with Gasteiger partial charge in [0.2, 0.25) is 0 Å². The van der Waals surface area contributed by atoms with Gasteiger partial charge in [-0.25, -0.2) is 17.8 Å². The number of methoxy groups -OCH3 is 1. The molecule has 0 saturated heterocycles. The van der Waals surface area contributed by atoms with E-state index in [4.69, 9.17) is 14.3 Å². The van der Waals surface area contributed by atoms with E-state index >= 15 is 0 Å². The molecule has 2 aromatic carbocycles. The van der Waals surface area contributed by atoms with Gasteiger partial charge in [-0.2, -0.15) is 13.2 Å². The number of alkyl halides is 3. The average Bonchev–Trinajstić information content (AvgIpc) is 2.74. The van der Waals surface area contributed by atoms with Gasteiger partial charge < -0.3 is 14.8 Å². The SMILES string of the molecule is COc1cc(F)c(F)cc1Oc1nnc(C(F)(F)F)c(C)c1C(=O)Nc1cccc(S(C)(=N)=O)c1. The molecule has 3 aromatic rings. The van der Waals surface area contributed by atoms with Gasteiger partial charge in [-0.15, -0.1) is 10.2 Å². The molecule has 0 bridgehead atoms. The maximum Gasteiger partial charge on any atom is 0.435 e. The minimum Gasteiger partial charge on any atom is -0.493 e. The molecule has 0 aliphatic heterocycles. The monoisotopic (exact) mass is 516 g/mol. The van der Waals surface area contributed by atoms with Gasteiger partial charge in [0.1, 0.15) is 5.56 Å². The number of nitrogens with zero attached hydrogens (tertiary/aromatic N) is 2. The van der Waals surface area contributed by atoms with Gasteiger partial charge in [0.15, 0.2) is 28.8 Å². The fraction of sp³-hybridized carbons (Fsp3) is 0.190. The standard InChI is InChI=1S/C21H17F5N4O4S/c1-10-17(19(31)28-11-5-4-6-12(7-11)35(3,27)32)20(30-29-18(10)21(24,25)26)34-16-9-14(23)13(22)8-15(16)33-2/h4-9,27H,1-3H3,(H,28,31). The predicted molar refractivity (Wildman–Crippen MR) is 114 cm³/mol. The molecule has 35 heavy (non-hydrogen) atoms. The quantitative estimate of drug-likeness (QED) is 0.437. The summed E-state index contributed by atoms with van der Waals surface area (Å²) < 4.78 is 97.5. The van der Waals surface area contributed by atoms with Gasteiger partial charge in [0.05, 0.1) is 16.8 Å². The lowest BCUT2D eigenvalue weighted by molar-refractivity contribution is -0.142. The van der Waals surface area contributed by atoms with Crippen molar-refractivity contribution in [1.82, 2.24) is 10.2 Å². The van der Waals surface area contributed by atoms with Crippen LogP contribution in [0.15, 0.2) is 41.3 Å². The molecule has 1 heterocycles.